The molecule has 18 heavy (non-hydrogen) atoms. The van der Waals surface area contributed by atoms with Gasteiger partial charge in [0.1, 0.15) is 0 Å². The summed E-state index contributed by atoms with van der Waals surface area (Å²) in [4.78, 5) is 15.0. The summed E-state index contributed by atoms with van der Waals surface area (Å²) in [6.07, 6.45) is 0. The first-order valence-corrected chi connectivity index (χ1v) is 6.26. The first-order valence-electron chi connectivity index (χ1n) is 5.85. The van der Waals surface area contributed by atoms with Gasteiger partial charge in [0.15, 0.2) is 4.77 Å². The largest absolute Gasteiger partial charge is 0.359 e. The van der Waals surface area contributed by atoms with Crippen molar-refractivity contribution in [2.45, 2.75) is 20.4 Å². The molecule has 0 bridgehead atoms. The molecule has 1 aromatic heterocycles. The topological polar surface area (TPSA) is 49.8 Å². The molecule has 5 heteroatoms. The number of para-hydroxylation sites is 2. The number of rotatable bonds is 3. The Bertz CT molecular complexity index is 639. The van der Waals surface area contributed by atoms with Crippen molar-refractivity contribution in [3.8, 4) is 0 Å². The summed E-state index contributed by atoms with van der Waals surface area (Å²) in [5.74, 6) is 0.00896. The molecule has 0 aliphatic heterocycles. The smallest absolute Gasteiger partial charge is 0.227 e. The molecule has 1 heterocycles. The van der Waals surface area contributed by atoms with E-state index in [1.807, 2.05) is 42.7 Å². The number of H-pyrrole nitrogens is 1. The maximum absolute atomic E-state index is 11.8. The molecule has 0 aliphatic carbocycles. The zero-order chi connectivity index (χ0) is 13.3. The minimum Gasteiger partial charge on any atom is -0.359 e. The Balaban J connectivity index is 2.46. The molecule has 0 unspecified atom stereocenters. The van der Waals surface area contributed by atoms with Crippen LogP contribution in [0.15, 0.2) is 24.3 Å². The Morgan fingerprint density at radius 1 is 1.44 bits per heavy atom. The lowest BCUT2D eigenvalue weighted by molar-refractivity contribution is -0.129. The highest BCUT2D eigenvalue weighted by Gasteiger charge is 2.28. The summed E-state index contributed by atoms with van der Waals surface area (Å²) >= 11 is 5.32. The lowest BCUT2D eigenvalue weighted by atomic mass is 9.92. The van der Waals surface area contributed by atoms with Crippen LogP contribution in [-0.2, 0) is 11.3 Å². The van der Waals surface area contributed by atoms with E-state index in [0.29, 0.717) is 11.3 Å². The third kappa shape index (κ3) is 2.18. The van der Waals surface area contributed by atoms with E-state index in [1.54, 1.807) is 7.05 Å². The van der Waals surface area contributed by atoms with Crippen molar-refractivity contribution in [2.24, 2.45) is 5.41 Å². The quantitative estimate of drug-likeness (QED) is 0.836. The predicted molar refractivity (Wildman–Crippen MR) is 75.0 cm³/mol. The van der Waals surface area contributed by atoms with E-state index in [0.717, 1.165) is 11.0 Å². The van der Waals surface area contributed by atoms with Gasteiger partial charge in [0.2, 0.25) is 5.91 Å². The number of aromatic nitrogens is 2. The third-order valence-corrected chi connectivity index (χ3v) is 3.40. The second kappa shape index (κ2) is 4.57. The van der Waals surface area contributed by atoms with Crippen LogP contribution < -0.4 is 5.32 Å². The zero-order valence-corrected chi connectivity index (χ0v) is 11.6. The molecule has 0 saturated carbocycles. The van der Waals surface area contributed by atoms with E-state index in [2.05, 4.69) is 10.3 Å². The van der Waals surface area contributed by atoms with Crippen molar-refractivity contribution in [3.63, 3.8) is 0 Å². The number of imidazole rings is 1. The monoisotopic (exact) mass is 263 g/mol. The van der Waals surface area contributed by atoms with Crippen LogP contribution in [0.4, 0.5) is 0 Å². The lowest BCUT2D eigenvalue weighted by Gasteiger charge is -2.23. The first-order chi connectivity index (χ1) is 8.45. The van der Waals surface area contributed by atoms with E-state index in [1.165, 1.54) is 0 Å². The number of hydrogen-bond donors (Lipinski definition) is 2. The third-order valence-electron chi connectivity index (χ3n) is 3.08. The van der Waals surface area contributed by atoms with Crippen molar-refractivity contribution in [1.29, 1.82) is 0 Å². The Kier molecular flexibility index (Phi) is 3.26. The number of aromatic amines is 1. The highest BCUT2D eigenvalue weighted by molar-refractivity contribution is 7.71. The van der Waals surface area contributed by atoms with E-state index in [-0.39, 0.29) is 5.91 Å². The van der Waals surface area contributed by atoms with Crippen LogP contribution in [0.1, 0.15) is 13.8 Å². The average Bonchev–Trinajstić information content (AvgIpc) is 2.65. The maximum Gasteiger partial charge on any atom is 0.227 e. The molecule has 0 aliphatic rings. The Morgan fingerprint density at radius 2 is 2.11 bits per heavy atom. The standard InChI is InChI=1S/C13H17N3OS/c1-13(2,11(17)14-3)8-16-10-7-5-4-6-9(10)15-12(16)18/h4-7H,8H2,1-3H3,(H,14,17)(H,15,18). The SMILES string of the molecule is CNC(=O)C(C)(C)Cn1c(=S)[nH]c2ccccc21. The van der Waals surface area contributed by atoms with Gasteiger partial charge in [0, 0.05) is 13.6 Å². The van der Waals surface area contributed by atoms with Crippen LogP contribution in [0.3, 0.4) is 0 Å². The van der Waals surface area contributed by atoms with Gasteiger partial charge >= 0.3 is 0 Å². The van der Waals surface area contributed by atoms with Crippen molar-refractivity contribution in [2.75, 3.05) is 7.05 Å². The Hall–Kier alpha value is -1.62. The van der Waals surface area contributed by atoms with Gasteiger partial charge in [-0.25, -0.2) is 0 Å². The fourth-order valence-corrected chi connectivity index (χ4v) is 2.34. The number of fused-ring (bicyclic) bond motifs is 1. The molecule has 0 radical (unpaired) electrons. The number of nitrogens with zero attached hydrogens (tertiary/aromatic N) is 1. The first kappa shape index (κ1) is 12.8. The van der Waals surface area contributed by atoms with Crippen LogP contribution in [-0.4, -0.2) is 22.5 Å². The zero-order valence-electron chi connectivity index (χ0n) is 10.8. The normalized spacial score (nSPS) is 11.7. The summed E-state index contributed by atoms with van der Waals surface area (Å²) < 4.78 is 2.62. The van der Waals surface area contributed by atoms with Gasteiger partial charge in [-0.15, -0.1) is 0 Å². The number of nitrogens with one attached hydrogen (secondary N) is 2. The van der Waals surface area contributed by atoms with Gasteiger partial charge in [-0.05, 0) is 38.2 Å². The second-order valence-corrected chi connectivity index (χ2v) is 5.38. The van der Waals surface area contributed by atoms with Gasteiger partial charge in [-0.2, -0.15) is 0 Å². The molecule has 1 amide bonds. The maximum atomic E-state index is 11.8. The van der Waals surface area contributed by atoms with E-state index in [4.69, 9.17) is 12.2 Å². The van der Waals surface area contributed by atoms with Gasteiger partial charge in [0.05, 0.1) is 16.4 Å². The summed E-state index contributed by atoms with van der Waals surface area (Å²) in [6.45, 7) is 4.38. The Morgan fingerprint density at radius 3 is 2.78 bits per heavy atom. The van der Waals surface area contributed by atoms with Gasteiger partial charge < -0.3 is 14.9 Å². The molecule has 1 aromatic carbocycles. The molecule has 4 nitrogen and oxygen atoms in total. The van der Waals surface area contributed by atoms with Crippen LogP contribution in [0.25, 0.3) is 11.0 Å². The summed E-state index contributed by atoms with van der Waals surface area (Å²) in [5, 5.41) is 2.69. The second-order valence-electron chi connectivity index (χ2n) is 5.00. The van der Waals surface area contributed by atoms with Crippen molar-refractivity contribution >= 4 is 29.2 Å². The van der Waals surface area contributed by atoms with E-state index < -0.39 is 5.41 Å². The highest BCUT2D eigenvalue weighted by Crippen LogP contribution is 2.22. The van der Waals surface area contributed by atoms with Gasteiger partial charge in [-0.3, -0.25) is 4.79 Å². The van der Waals surface area contributed by atoms with Crippen LogP contribution in [0.5, 0.6) is 0 Å². The van der Waals surface area contributed by atoms with E-state index in [9.17, 15) is 4.79 Å². The van der Waals surface area contributed by atoms with Gasteiger partial charge in [-0.1, -0.05) is 12.1 Å². The van der Waals surface area contributed by atoms with Crippen LogP contribution >= 0.6 is 12.2 Å². The molecule has 0 saturated heterocycles. The number of hydrogen-bond acceptors (Lipinski definition) is 2. The number of benzene rings is 1. The van der Waals surface area contributed by atoms with Crippen molar-refractivity contribution in [3.05, 3.63) is 29.0 Å². The molecule has 96 valence electrons. The number of carbonyl (C=O) groups is 1. The van der Waals surface area contributed by atoms with E-state index >= 15 is 0 Å². The molecule has 0 fully saturated rings. The van der Waals surface area contributed by atoms with Crippen LogP contribution in [0.2, 0.25) is 0 Å². The minimum absolute atomic E-state index is 0.00896. The lowest BCUT2D eigenvalue weighted by Crippen LogP contribution is -2.37. The highest BCUT2D eigenvalue weighted by atomic mass is 32.1. The summed E-state index contributed by atoms with van der Waals surface area (Å²) in [6, 6.07) is 7.91. The molecule has 2 N–H and O–H groups in total. The average molecular weight is 263 g/mol. The summed E-state index contributed by atoms with van der Waals surface area (Å²) in [5.41, 5.74) is 1.52. The molecule has 0 atom stereocenters. The fourth-order valence-electron chi connectivity index (χ4n) is 2.07. The predicted octanol–water partition coefficient (Wildman–Crippen LogP) is 2.47. The molecule has 2 rings (SSSR count). The number of carbonyl (C=O) groups excluding carboxylic acids is 1. The molecular weight excluding hydrogens is 246 g/mol. The van der Waals surface area contributed by atoms with Crippen molar-refractivity contribution in [1.82, 2.24) is 14.9 Å². The van der Waals surface area contributed by atoms with Gasteiger partial charge in [0.25, 0.3) is 0 Å². The minimum atomic E-state index is -0.502. The summed E-state index contributed by atoms with van der Waals surface area (Å²) in [7, 11) is 1.65. The Labute approximate surface area is 111 Å². The van der Waals surface area contributed by atoms with Crippen LogP contribution in [0, 0.1) is 10.2 Å². The fraction of sp³-hybridized carbons (Fsp3) is 0.385. The molecule has 2 aromatic rings. The van der Waals surface area contributed by atoms with Crippen molar-refractivity contribution < 1.29 is 4.79 Å². The number of amides is 1. The molecular formula is C13H17N3OS. The molecule has 0 spiro atoms.